The summed E-state index contributed by atoms with van der Waals surface area (Å²) in [6.07, 6.45) is 6.20. The van der Waals surface area contributed by atoms with Crippen LogP contribution in [-0.2, 0) is 14.8 Å². The van der Waals surface area contributed by atoms with E-state index in [4.69, 9.17) is 0 Å². The summed E-state index contributed by atoms with van der Waals surface area (Å²) in [5.74, 6) is -0.295. The highest BCUT2D eigenvalue weighted by Crippen LogP contribution is 2.18. The summed E-state index contributed by atoms with van der Waals surface area (Å²) in [4.78, 5) is 12.2. The molecule has 1 amide bonds. The first kappa shape index (κ1) is 21.3. The van der Waals surface area contributed by atoms with Crippen LogP contribution in [0.5, 0.6) is 0 Å². The second-order valence-electron chi connectivity index (χ2n) is 6.16. The van der Waals surface area contributed by atoms with Crippen molar-refractivity contribution in [2.24, 2.45) is 0 Å². The van der Waals surface area contributed by atoms with Crippen molar-refractivity contribution >= 4 is 27.7 Å². The molecule has 0 aliphatic heterocycles. The quantitative estimate of drug-likeness (QED) is 0.514. The largest absolute Gasteiger partial charge is 0.323 e. The van der Waals surface area contributed by atoms with Crippen molar-refractivity contribution in [3.05, 3.63) is 91.0 Å². The van der Waals surface area contributed by atoms with Gasteiger partial charge in [0.15, 0.2) is 0 Å². The maximum Gasteiger partial charge on any atom is 0.248 e. The number of sulfonamides is 1. The van der Waals surface area contributed by atoms with Crippen molar-refractivity contribution in [1.82, 2.24) is 4.31 Å². The fourth-order valence-corrected chi connectivity index (χ4v) is 3.83. The molecule has 0 saturated heterocycles. The zero-order chi connectivity index (χ0) is 20.6. The zero-order valence-electron chi connectivity index (χ0n) is 15.8. The molecule has 0 saturated carbocycles. The maximum absolute atomic E-state index is 12.7. The predicted molar refractivity (Wildman–Crippen MR) is 114 cm³/mol. The molecule has 2 aromatic rings. The average molecular weight is 397 g/mol. The van der Waals surface area contributed by atoms with Crippen LogP contribution in [0.2, 0.25) is 0 Å². The number of carbonyl (C=O) groups is 1. The molecule has 0 heterocycles. The Morgan fingerprint density at radius 2 is 1.57 bits per heavy atom. The third kappa shape index (κ3) is 5.77. The van der Waals surface area contributed by atoms with Gasteiger partial charge in [-0.1, -0.05) is 42.0 Å². The predicted octanol–water partition coefficient (Wildman–Crippen LogP) is 4.01. The fourth-order valence-electron chi connectivity index (χ4n) is 2.45. The van der Waals surface area contributed by atoms with E-state index in [2.05, 4.69) is 18.5 Å². The zero-order valence-corrected chi connectivity index (χ0v) is 16.7. The Labute approximate surface area is 166 Å². The second-order valence-corrected chi connectivity index (χ2v) is 8.09. The molecule has 0 aliphatic carbocycles. The summed E-state index contributed by atoms with van der Waals surface area (Å²) >= 11 is 0. The van der Waals surface area contributed by atoms with E-state index >= 15 is 0 Å². The van der Waals surface area contributed by atoms with Gasteiger partial charge in [0.05, 0.1) is 4.90 Å². The van der Waals surface area contributed by atoms with Crippen molar-refractivity contribution in [2.45, 2.75) is 11.8 Å². The topological polar surface area (TPSA) is 66.5 Å². The number of amides is 1. The lowest BCUT2D eigenvalue weighted by molar-refractivity contribution is -0.111. The van der Waals surface area contributed by atoms with Crippen molar-refractivity contribution in [3.8, 4) is 0 Å². The first-order valence-corrected chi connectivity index (χ1v) is 10.2. The summed E-state index contributed by atoms with van der Waals surface area (Å²) < 4.78 is 26.6. The van der Waals surface area contributed by atoms with Crippen LogP contribution in [-0.4, -0.2) is 31.7 Å². The number of carbonyl (C=O) groups excluding carboxylic acids is 1. The molecule has 2 rings (SSSR count). The third-order valence-corrected chi connectivity index (χ3v) is 5.78. The Morgan fingerprint density at radius 3 is 2.11 bits per heavy atom. The minimum Gasteiger partial charge on any atom is -0.323 e. The van der Waals surface area contributed by atoms with Gasteiger partial charge in [0, 0.05) is 24.9 Å². The van der Waals surface area contributed by atoms with Crippen molar-refractivity contribution in [2.75, 3.05) is 18.4 Å². The maximum atomic E-state index is 12.7. The van der Waals surface area contributed by atoms with Crippen molar-refractivity contribution in [3.63, 3.8) is 0 Å². The number of nitrogens with zero attached hydrogens (tertiary/aromatic N) is 1. The molecule has 0 radical (unpaired) electrons. The molecule has 2 aromatic carbocycles. The van der Waals surface area contributed by atoms with E-state index in [0.29, 0.717) is 5.69 Å². The van der Waals surface area contributed by atoms with Crippen LogP contribution in [0.25, 0.3) is 6.08 Å². The monoisotopic (exact) mass is 396 g/mol. The van der Waals surface area contributed by atoms with E-state index in [1.54, 1.807) is 18.2 Å². The van der Waals surface area contributed by atoms with Crippen LogP contribution in [0.1, 0.15) is 11.1 Å². The number of anilines is 1. The van der Waals surface area contributed by atoms with Crippen LogP contribution in [0.4, 0.5) is 5.69 Å². The Kier molecular flexibility index (Phi) is 7.49. The third-order valence-electron chi connectivity index (χ3n) is 3.93. The van der Waals surface area contributed by atoms with E-state index < -0.39 is 10.0 Å². The van der Waals surface area contributed by atoms with Crippen LogP contribution in [0.15, 0.2) is 84.8 Å². The number of benzene rings is 2. The highest BCUT2D eigenvalue weighted by molar-refractivity contribution is 7.89. The summed E-state index contributed by atoms with van der Waals surface area (Å²) in [6, 6.07) is 13.8. The summed E-state index contributed by atoms with van der Waals surface area (Å²) in [5, 5.41) is 2.72. The van der Waals surface area contributed by atoms with Gasteiger partial charge in [-0.25, -0.2) is 8.42 Å². The van der Waals surface area contributed by atoms with Gasteiger partial charge in [0.1, 0.15) is 0 Å². The average Bonchev–Trinajstić information content (AvgIpc) is 2.68. The fraction of sp³-hybridized carbons (Fsp3) is 0.136. The van der Waals surface area contributed by atoms with Gasteiger partial charge in [-0.2, -0.15) is 4.31 Å². The van der Waals surface area contributed by atoms with Gasteiger partial charge >= 0.3 is 0 Å². The molecule has 28 heavy (non-hydrogen) atoms. The molecule has 0 bridgehead atoms. The van der Waals surface area contributed by atoms with E-state index in [0.717, 1.165) is 11.1 Å². The van der Waals surface area contributed by atoms with Gasteiger partial charge in [-0.15, -0.1) is 13.2 Å². The molecular formula is C22H24N2O3S. The second kappa shape index (κ2) is 9.82. The molecule has 1 N–H and O–H groups in total. The minimum atomic E-state index is -3.66. The Hall–Kier alpha value is -2.96. The lowest BCUT2D eigenvalue weighted by Gasteiger charge is -2.19. The Morgan fingerprint density at radius 1 is 1.00 bits per heavy atom. The Balaban J connectivity index is 2.07. The first-order chi connectivity index (χ1) is 13.4. The Bertz CT molecular complexity index is 950. The number of nitrogens with one attached hydrogen (secondary N) is 1. The number of aryl methyl sites for hydroxylation is 1. The van der Waals surface area contributed by atoms with Crippen molar-refractivity contribution in [1.29, 1.82) is 0 Å². The molecule has 0 spiro atoms. The van der Waals surface area contributed by atoms with Gasteiger partial charge < -0.3 is 5.32 Å². The molecule has 0 fully saturated rings. The van der Waals surface area contributed by atoms with Crippen LogP contribution in [0.3, 0.4) is 0 Å². The lowest BCUT2D eigenvalue weighted by atomic mass is 10.1. The summed E-state index contributed by atoms with van der Waals surface area (Å²) in [7, 11) is -3.66. The van der Waals surface area contributed by atoms with Gasteiger partial charge in [-0.3, -0.25) is 4.79 Å². The normalized spacial score (nSPS) is 11.5. The molecule has 0 unspecified atom stereocenters. The minimum absolute atomic E-state index is 0.143. The summed E-state index contributed by atoms with van der Waals surface area (Å²) in [6.45, 7) is 9.55. The summed E-state index contributed by atoms with van der Waals surface area (Å²) in [5.41, 5.74) is 2.58. The van der Waals surface area contributed by atoms with Gasteiger partial charge in [0.25, 0.3) is 0 Å². The molecule has 0 atom stereocenters. The lowest BCUT2D eigenvalue weighted by Crippen LogP contribution is -2.31. The van der Waals surface area contributed by atoms with E-state index in [9.17, 15) is 13.2 Å². The standard InChI is InChI=1S/C22H24N2O3S/c1-4-16-24(17-5-2)28(26,27)21-13-11-20(12-14-21)23-22(25)15-10-19-8-6-18(3)7-9-19/h4-15H,1-2,16-17H2,3H3,(H,23,25)/b15-10+. The molecule has 0 aromatic heterocycles. The number of rotatable bonds is 9. The van der Waals surface area contributed by atoms with Gasteiger partial charge in [0.2, 0.25) is 15.9 Å². The highest BCUT2D eigenvalue weighted by atomic mass is 32.2. The van der Waals surface area contributed by atoms with Crippen LogP contribution >= 0.6 is 0 Å². The van der Waals surface area contributed by atoms with E-state index in [-0.39, 0.29) is 23.9 Å². The van der Waals surface area contributed by atoms with E-state index in [1.807, 2.05) is 31.2 Å². The van der Waals surface area contributed by atoms with Crippen molar-refractivity contribution < 1.29 is 13.2 Å². The molecule has 0 aliphatic rings. The smallest absolute Gasteiger partial charge is 0.248 e. The highest BCUT2D eigenvalue weighted by Gasteiger charge is 2.22. The molecular weight excluding hydrogens is 372 g/mol. The van der Waals surface area contributed by atoms with Crippen LogP contribution in [0, 0.1) is 6.92 Å². The number of hydrogen-bond acceptors (Lipinski definition) is 3. The molecule has 6 heteroatoms. The van der Waals surface area contributed by atoms with E-state index in [1.165, 1.54) is 34.7 Å². The molecule has 146 valence electrons. The number of hydrogen-bond donors (Lipinski definition) is 1. The molecule has 5 nitrogen and oxygen atoms in total. The SMILES string of the molecule is C=CCN(CC=C)S(=O)(=O)c1ccc(NC(=O)/C=C/c2ccc(C)cc2)cc1. The van der Waals surface area contributed by atoms with Crippen LogP contribution < -0.4 is 5.32 Å². The first-order valence-electron chi connectivity index (χ1n) is 8.74. The van der Waals surface area contributed by atoms with Gasteiger partial charge in [-0.05, 0) is 42.8 Å².